The molecule has 2 aromatic heterocycles. The summed E-state index contributed by atoms with van der Waals surface area (Å²) in [6, 6.07) is 15.3. The maximum Gasteiger partial charge on any atom is 0.266 e. The third kappa shape index (κ3) is 5.77. The van der Waals surface area contributed by atoms with Crippen molar-refractivity contribution in [2.45, 2.75) is 33.0 Å². The van der Waals surface area contributed by atoms with Crippen molar-refractivity contribution in [3.8, 4) is 0 Å². The van der Waals surface area contributed by atoms with Crippen LogP contribution < -0.4 is 5.32 Å². The SMILES string of the molecule is Cc1ccsc1C(=O)Nc1cc(C(=O)N2C[C@@H](C)O[C@@H](C)C2)ccc1C=Cc1n[nH]c2ccccc12.Cl. The predicted molar refractivity (Wildman–Crippen MR) is 152 cm³/mol. The van der Waals surface area contributed by atoms with E-state index in [1.165, 1.54) is 11.3 Å². The lowest BCUT2D eigenvalue weighted by Crippen LogP contribution is -2.48. The van der Waals surface area contributed by atoms with E-state index in [0.29, 0.717) is 29.2 Å². The Morgan fingerprint density at radius 2 is 1.86 bits per heavy atom. The van der Waals surface area contributed by atoms with Gasteiger partial charge in [-0.1, -0.05) is 30.3 Å². The number of aromatic nitrogens is 2. The fraction of sp³-hybridized carbons (Fsp3) is 0.250. The smallest absolute Gasteiger partial charge is 0.266 e. The lowest BCUT2D eigenvalue weighted by Gasteiger charge is -2.35. The Kier molecular flexibility index (Phi) is 8.12. The van der Waals surface area contributed by atoms with Gasteiger partial charge in [0.25, 0.3) is 11.8 Å². The molecule has 5 rings (SSSR count). The number of ether oxygens (including phenoxy) is 1. The number of halogens is 1. The Bertz CT molecular complexity index is 1450. The number of morpholine rings is 1. The van der Waals surface area contributed by atoms with E-state index in [0.717, 1.165) is 27.7 Å². The van der Waals surface area contributed by atoms with Gasteiger partial charge in [0.2, 0.25) is 0 Å². The van der Waals surface area contributed by atoms with Crippen LogP contribution in [-0.2, 0) is 4.74 Å². The summed E-state index contributed by atoms with van der Waals surface area (Å²) in [6.45, 7) is 6.92. The topological polar surface area (TPSA) is 87.3 Å². The van der Waals surface area contributed by atoms with E-state index < -0.39 is 0 Å². The zero-order valence-electron chi connectivity index (χ0n) is 20.9. The summed E-state index contributed by atoms with van der Waals surface area (Å²) in [5, 5.41) is 13.4. The lowest BCUT2D eigenvalue weighted by molar-refractivity contribution is -0.0586. The molecule has 1 fully saturated rings. The van der Waals surface area contributed by atoms with Crippen molar-refractivity contribution in [1.82, 2.24) is 15.1 Å². The predicted octanol–water partition coefficient (Wildman–Crippen LogP) is 6.03. The fourth-order valence-electron chi connectivity index (χ4n) is 4.53. The molecule has 1 saturated heterocycles. The summed E-state index contributed by atoms with van der Waals surface area (Å²) in [5.74, 6) is -0.269. The number of carbonyl (C=O) groups excluding carboxylic acids is 2. The Hall–Kier alpha value is -3.46. The molecule has 0 unspecified atom stereocenters. The van der Waals surface area contributed by atoms with Crippen molar-refractivity contribution in [2.75, 3.05) is 18.4 Å². The molecule has 7 nitrogen and oxygen atoms in total. The van der Waals surface area contributed by atoms with Crippen molar-refractivity contribution in [1.29, 1.82) is 0 Å². The fourth-order valence-corrected chi connectivity index (χ4v) is 5.35. The summed E-state index contributed by atoms with van der Waals surface area (Å²) >= 11 is 1.40. The zero-order chi connectivity index (χ0) is 25.2. The number of carbonyl (C=O) groups is 2. The number of benzene rings is 2. The Morgan fingerprint density at radius 3 is 2.59 bits per heavy atom. The summed E-state index contributed by atoms with van der Waals surface area (Å²) in [6.07, 6.45) is 3.77. The highest BCUT2D eigenvalue weighted by molar-refractivity contribution is 7.12. The van der Waals surface area contributed by atoms with Gasteiger partial charge in [-0.2, -0.15) is 5.10 Å². The molecule has 2 amide bonds. The Balaban J connectivity index is 0.00000320. The molecule has 4 aromatic rings. The van der Waals surface area contributed by atoms with Gasteiger partial charge in [-0.3, -0.25) is 14.7 Å². The number of nitrogens with one attached hydrogen (secondary N) is 2. The normalized spacial score (nSPS) is 17.6. The number of fused-ring (bicyclic) bond motifs is 1. The molecule has 37 heavy (non-hydrogen) atoms. The third-order valence-electron chi connectivity index (χ3n) is 6.24. The number of para-hydroxylation sites is 1. The first kappa shape index (κ1) is 26.6. The van der Waals surface area contributed by atoms with Crippen LogP contribution in [0.4, 0.5) is 5.69 Å². The monoisotopic (exact) mass is 536 g/mol. The number of rotatable bonds is 5. The molecule has 2 N–H and O–H groups in total. The molecule has 1 aliphatic rings. The molecule has 2 aromatic carbocycles. The molecule has 2 atom stereocenters. The average molecular weight is 537 g/mol. The number of aryl methyl sites for hydroxylation is 1. The number of hydrogen-bond acceptors (Lipinski definition) is 5. The van der Waals surface area contributed by atoms with E-state index in [1.54, 1.807) is 6.07 Å². The first-order valence-electron chi connectivity index (χ1n) is 11.9. The lowest BCUT2D eigenvalue weighted by atomic mass is 10.1. The molecule has 1 aliphatic heterocycles. The van der Waals surface area contributed by atoms with Gasteiger partial charge in [0.1, 0.15) is 0 Å². The first-order chi connectivity index (χ1) is 17.4. The van der Waals surface area contributed by atoms with E-state index in [-0.39, 0.29) is 36.4 Å². The van der Waals surface area contributed by atoms with Crippen LogP contribution in [0.1, 0.15) is 50.7 Å². The highest BCUT2D eigenvalue weighted by Crippen LogP contribution is 2.26. The van der Waals surface area contributed by atoms with Crippen molar-refractivity contribution < 1.29 is 14.3 Å². The minimum atomic E-state index is -0.194. The maximum absolute atomic E-state index is 13.3. The molecule has 3 heterocycles. The molecule has 0 saturated carbocycles. The largest absolute Gasteiger partial charge is 0.372 e. The van der Waals surface area contributed by atoms with Crippen LogP contribution in [0, 0.1) is 6.92 Å². The number of thiophene rings is 1. The molecule has 9 heteroatoms. The number of aromatic amines is 1. The standard InChI is InChI=1S/C28H28N4O3S.ClH/c1-17-12-13-36-26(17)27(33)29-25-14-21(28(34)32-15-18(2)35-19(3)16-32)9-8-20(25)10-11-24-22-6-4-5-7-23(22)30-31-24;/h4-14,18-19H,15-16H2,1-3H3,(H,29,33)(H,30,31);1H/t18-,19+;. The van der Waals surface area contributed by atoms with Gasteiger partial charge < -0.3 is 15.0 Å². The van der Waals surface area contributed by atoms with Crippen LogP contribution >= 0.6 is 23.7 Å². The van der Waals surface area contributed by atoms with Crippen LogP contribution in [0.15, 0.2) is 53.9 Å². The van der Waals surface area contributed by atoms with Gasteiger partial charge in [-0.15, -0.1) is 23.7 Å². The Morgan fingerprint density at radius 1 is 1.11 bits per heavy atom. The minimum Gasteiger partial charge on any atom is -0.372 e. The minimum absolute atomic E-state index is 0. The molecule has 0 spiro atoms. The second-order valence-electron chi connectivity index (χ2n) is 9.14. The molecule has 0 bridgehead atoms. The van der Waals surface area contributed by atoms with Gasteiger partial charge in [0, 0.05) is 29.7 Å². The van der Waals surface area contributed by atoms with Gasteiger partial charge in [0.15, 0.2) is 0 Å². The highest BCUT2D eigenvalue weighted by atomic mass is 35.5. The first-order valence-corrected chi connectivity index (χ1v) is 12.8. The second kappa shape index (κ2) is 11.3. The molecular weight excluding hydrogens is 508 g/mol. The van der Waals surface area contributed by atoms with Crippen molar-refractivity contribution in [3.63, 3.8) is 0 Å². The molecule has 0 radical (unpaired) electrons. The van der Waals surface area contributed by atoms with Crippen LogP contribution in [0.3, 0.4) is 0 Å². The number of anilines is 1. The number of amides is 2. The van der Waals surface area contributed by atoms with E-state index in [2.05, 4.69) is 15.5 Å². The van der Waals surface area contributed by atoms with Crippen LogP contribution in [-0.4, -0.2) is 52.2 Å². The summed E-state index contributed by atoms with van der Waals surface area (Å²) in [7, 11) is 0. The van der Waals surface area contributed by atoms with E-state index in [4.69, 9.17) is 4.74 Å². The van der Waals surface area contributed by atoms with Gasteiger partial charge in [-0.25, -0.2) is 0 Å². The summed E-state index contributed by atoms with van der Waals surface area (Å²) in [4.78, 5) is 28.9. The second-order valence-corrected chi connectivity index (χ2v) is 10.1. The quantitative estimate of drug-likeness (QED) is 0.326. The van der Waals surface area contributed by atoms with Crippen molar-refractivity contribution in [2.24, 2.45) is 0 Å². The highest BCUT2D eigenvalue weighted by Gasteiger charge is 2.27. The summed E-state index contributed by atoms with van der Waals surface area (Å²) < 4.78 is 5.78. The Labute approximate surface area is 225 Å². The van der Waals surface area contributed by atoms with E-state index in [1.807, 2.05) is 85.7 Å². The van der Waals surface area contributed by atoms with E-state index >= 15 is 0 Å². The average Bonchev–Trinajstić information content (AvgIpc) is 3.48. The summed E-state index contributed by atoms with van der Waals surface area (Å²) in [5.41, 5.74) is 4.55. The number of nitrogens with zero attached hydrogens (tertiary/aromatic N) is 2. The number of hydrogen-bond donors (Lipinski definition) is 2. The maximum atomic E-state index is 13.3. The van der Waals surface area contributed by atoms with Gasteiger partial charge >= 0.3 is 0 Å². The number of H-pyrrole nitrogens is 1. The van der Waals surface area contributed by atoms with Crippen LogP contribution in [0.5, 0.6) is 0 Å². The van der Waals surface area contributed by atoms with E-state index in [9.17, 15) is 9.59 Å². The molecular formula is C28H29ClN4O3S. The molecule has 192 valence electrons. The third-order valence-corrected chi connectivity index (χ3v) is 7.26. The van der Waals surface area contributed by atoms with Gasteiger partial charge in [-0.05, 0) is 67.6 Å². The van der Waals surface area contributed by atoms with Crippen molar-refractivity contribution in [3.05, 3.63) is 81.2 Å². The van der Waals surface area contributed by atoms with Crippen LogP contribution in [0.25, 0.3) is 23.1 Å². The van der Waals surface area contributed by atoms with Gasteiger partial charge in [0.05, 0.1) is 28.3 Å². The van der Waals surface area contributed by atoms with Crippen LogP contribution in [0.2, 0.25) is 0 Å². The molecule has 0 aliphatic carbocycles. The van der Waals surface area contributed by atoms with Crippen molar-refractivity contribution >= 4 is 64.3 Å². The zero-order valence-corrected chi connectivity index (χ0v) is 22.5.